The van der Waals surface area contributed by atoms with Crippen LogP contribution in [-0.2, 0) is 0 Å². The molecule has 8 heteroatoms. The van der Waals surface area contributed by atoms with Crippen molar-refractivity contribution in [3.8, 4) is 0 Å². The smallest absolute Gasteiger partial charge is 0.272 e. The van der Waals surface area contributed by atoms with Crippen molar-refractivity contribution < 1.29 is 4.79 Å². The van der Waals surface area contributed by atoms with Gasteiger partial charge in [0.25, 0.3) is 17.0 Å². The van der Waals surface area contributed by atoms with Crippen LogP contribution in [0.1, 0.15) is 46.0 Å². The number of hydrogen-bond acceptors (Lipinski definition) is 4. The molecule has 0 aliphatic heterocycles. The van der Waals surface area contributed by atoms with Gasteiger partial charge in [-0.25, -0.2) is 9.50 Å². The molecule has 0 aromatic carbocycles. The second-order valence-electron chi connectivity index (χ2n) is 6.17. The number of carbonyl (C=O) groups is 1. The first-order valence-electron chi connectivity index (χ1n) is 7.87. The fourth-order valence-electron chi connectivity index (χ4n) is 2.60. The summed E-state index contributed by atoms with van der Waals surface area (Å²) in [5.74, 6) is -0.510. The summed E-state index contributed by atoms with van der Waals surface area (Å²) in [5, 5.41) is 5.61. The fourth-order valence-corrected chi connectivity index (χ4v) is 2.60. The van der Waals surface area contributed by atoms with Crippen LogP contribution in [0.15, 0.2) is 27.8 Å². The SMILES string of the molecule is Cc1cc2nc(C(C)NC(=O)c3cc(C)c(C)[nH]c3=O)cc(=O)n2[nH]1. The number of pyridine rings is 1. The molecule has 130 valence electrons. The molecule has 0 spiro atoms. The molecule has 8 nitrogen and oxygen atoms in total. The summed E-state index contributed by atoms with van der Waals surface area (Å²) in [4.78, 5) is 43.6. The van der Waals surface area contributed by atoms with Gasteiger partial charge in [0.2, 0.25) is 0 Å². The number of carbonyl (C=O) groups excluding carboxylic acids is 1. The molecule has 0 radical (unpaired) electrons. The molecule has 0 fully saturated rings. The van der Waals surface area contributed by atoms with Crippen LogP contribution in [-0.4, -0.2) is 25.5 Å². The molecular weight excluding hydrogens is 322 g/mol. The number of H-pyrrole nitrogens is 2. The summed E-state index contributed by atoms with van der Waals surface area (Å²) in [6.45, 7) is 7.12. The summed E-state index contributed by atoms with van der Waals surface area (Å²) in [7, 11) is 0. The van der Waals surface area contributed by atoms with Gasteiger partial charge in [0.05, 0.1) is 11.7 Å². The Balaban J connectivity index is 1.91. The predicted octanol–water partition coefficient (Wildman–Crippen LogP) is 1.13. The maximum absolute atomic E-state index is 12.4. The van der Waals surface area contributed by atoms with Crippen LogP contribution in [0, 0.1) is 20.8 Å². The summed E-state index contributed by atoms with van der Waals surface area (Å²) in [6, 6.07) is 4.13. The van der Waals surface area contributed by atoms with E-state index in [1.807, 2.05) is 13.8 Å². The van der Waals surface area contributed by atoms with Crippen molar-refractivity contribution in [2.75, 3.05) is 0 Å². The second kappa shape index (κ2) is 6.04. The lowest BCUT2D eigenvalue weighted by atomic mass is 10.1. The van der Waals surface area contributed by atoms with Gasteiger partial charge in [-0.1, -0.05) is 0 Å². The van der Waals surface area contributed by atoms with E-state index in [9.17, 15) is 14.4 Å². The Morgan fingerprint density at radius 3 is 2.64 bits per heavy atom. The largest absolute Gasteiger partial charge is 0.344 e. The normalized spacial score (nSPS) is 12.3. The second-order valence-corrected chi connectivity index (χ2v) is 6.17. The Bertz CT molecular complexity index is 1090. The number of aromatic nitrogens is 4. The molecule has 3 heterocycles. The highest BCUT2D eigenvalue weighted by atomic mass is 16.2. The Labute approximate surface area is 142 Å². The lowest BCUT2D eigenvalue weighted by molar-refractivity contribution is 0.0937. The van der Waals surface area contributed by atoms with E-state index in [1.165, 1.54) is 10.6 Å². The highest BCUT2D eigenvalue weighted by Gasteiger charge is 2.17. The molecule has 0 saturated carbocycles. The van der Waals surface area contributed by atoms with Crippen LogP contribution in [0.5, 0.6) is 0 Å². The van der Waals surface area contributed by atoms with Crippen molar-refractivity contribution in [2.24, 2.45) is 0 Å². The van der Waals surface area contributed by atoms with Crippen molar-refractivity contribution in [1.29, 1.82) is 0 Å². The number of aromatic amines is 2. The van der Waals surface area contributed by atoms with Gasteiger partial charge in [-0.3, -0.25) is 19.5 Å². The Morgan fingerprint density at radius 2 is 1.92 bits per heavy atom. The summed E-state index contributed by atoms with van der Waals surface area (Å²) in [6.07, 6.45) is 0. The predicted molar refractivity (Wildman–Crippen MR) is 93.0 cm³/mol. The third kappa shape index (κ3) is 3.10. The number of hydrogen-bond donors (Lipinski definition) is 3. The summed E-state index contributed by atoms with van der Waals surface area (Å²) < 4.78 is 1.33. The van der Waals surface area contributed by atoms with Crippen LogP contribution < -0.4 is 16.4 Å². The van der Waals surface area contributed by atoms with Gasteiger partial charge in [-0.15, -0.1) is 0 Å². The standard InChI is InChI=1S/C17H19N5O3/c1-8-5-12(16(24)18-10(8)3)17(25)19-11(4)13-7-15(23)22-14(20-13)6-9(2)21-22/h5-7,11,21H,1-4H3,(H,18,24)(H,19,25). The molecule has 25 heavy (non-hydrogen) atoms. The van der Waals surface area contributed by atoms with E-state index in [4.69, 9.17) is 0 Å². The topological polar surface area (TPSA) is 112 Å². The molecule has 3 N–H and O–H groups in total. The van der Waals surface area contributed by atoms with Crippen LogP contribution in [0.2, 0.25) is 0 Å². The van der Waals surface area contributed by atoms with Crippen molar-refractivity contribution in [2.45, 2.75) is 33.7 Å². The summed E-state index contributed by atoms with van der Waals surface area (Å²) in [5.41, 5.74) is 2.57. The average Bonchev–Trinajstić information content (AvgIpc) is 2.91. The molecule has 0 aliphatic rings. The van der Waals surface area contributed by atoms with E-state index >= 15 is 0 Å². The Kier molecular flexibility index (Phi) is 4.03. The number of fused-ring (bicyclic) bond motifs is 1. The third-order valence-corrected chi connectivity index (χ3v) is 4.13. The van der Waals surface area contributed by atoms with Crippen LogP contribution in [0.3, 0.4) is 0 Å². The van der Waals surface area contributed by atoms with Gasteiger partial charge in [0, 0.05) is 23.5 Å². The number of aryl methyl sites for hydroxylation is 3. The van der Waals surface area contributed by atoms with Crippen molar-refractivity contribution in [1.82, 2.24) is 24.9 Å². The minimum atomic E-state index is -0.526. The maximum atomic E-state index is 12.4. The van der Waals surface area contributed by atoms with Gasteiger partial charge < -0.3 is 10.3 Å². The Morgan fingerprint density at radius 1 is 1.20 bits per heavy atom. The first-order chi connectivity index (χ1) is 11.8. The maximum Gasteiger partial charge on any atom is 0.272 e. The van der Waals surface area contributed by atoms with E-state index in [0.29, 0.717) is 11.3 Å². The number of rotatable bonds is 3. The lowest BCUT2D eigenvalue weighted by Gasteiger charge is -2.13. The quantitative estimate of drug-likeness (QED) is 0.663. The number of amides is 1. The minimum absolute atomic E-state index is 0.0326. The van der Waals surface area contributed by atoms with E-state index < -0.39 is 17.5 Å². The first kappa shape index (κ1) is 16.7. The zero-order valence-corrected chi connectivity index (χ0v) is 14.4. The minimum Gasteiger partial charge on any atom is -0.344 e. The number of nitrogens with zero attached hydrogens (tertiary/aromatic N) is 2. The highest BCUT2D eigenvalue weighted by Crippen LogP contribution is 2.11. The van der Waals surface area contributed by atoms with Crippen LogP contribution >= 0.6 is 0 Å². The van der Waals surface area contributed by atoms with Crippen molar-refractivity contribution in [3.63, 3.8) is 0 Å². The van der Waals surface area contributed by atoms with Gasteiger partial charge >= 0.3 is 0 Å². The van der Waals surface area contributed by atoms with Crippen LogP contribution in [0.25, 0.3) is 5.65 Å². The summed E-state index contributed by atoms with van der Waals surface area (Å²) >= 11 is 0. The molecule has 3 rings (SSSR count). The van der Waals surface area contributed by atoms with Crippen LogP contribution in [0.4, 0.5) is 0 Å². The van der Waals surface area contributed by atoms with Gasteiger partial charge in [0.1, 0.15) is 5.56 Å². The molecule has 1 atom stereocenters. The first-order valence-corrected chi connectivity index (χ1v) is 7.87. The fraction of sp³-hybridized carbons (Fsp3) is 0.294. The molecule has 1 amide bonds. The van der Waals surface area contributed by atoms with Gasteiger partial charge in [-0.2, -0.15) is 0 Å². The Hall–Kier alpha value is -3.16. The average molecular weight is 341 g/mol. The zero-order valence-electron chi connectivity index (χ0n) is 14.4. The van der Waals surface area contributed by atoms with Gasteiger partial charge in [0.15, 0.2) is 5.65 Å². The molecule has 3 aromatic heterocycles. The van der Waals surface area contributed by atoms with E-state index in [-0.39, 0.29) is 11.1 Å². The molecule has 1 unspecified atom stereocenters. The molecule has 0 saturated heterocycles. The molecule has 3 aromatic rings. The van der Waals surface area contributed by atoms with E-state index in [0.717, 1.165) is 17.0 Å². The molecular formula is C17H19N5O3. The lowest BCUT2D eigenvalue weighted by Crippen LogP contribution is -2.33. The van der Waals surface area contributed by atoms with Gasteiger partial charge in [-0.05, 0) is 39.3 Å². The molecule has 0 aliphatic carbocycles. The number of nitrogens with one attached hydrogen (secondary N) is 3. The third-order valence-electron chi connectivity index (χ3n) is 4.13. The monoisotopic (exact) mass is 341 g/mol. The molecule has 0 bridgehead atoms. The van der Waals surface area contributed by atoms with Crippen molar-refractivity contribution >= 4 is 11.6 Å². The van der Waals surface area contributed by atoms with E-state index in [2.05, 4.69) is 20.4 Å². The highest BCUT2D eigenvalue weighted by molar-refractivity contribution is 5.94. The van der Waals surface area contributed by atoms with Crippen molar-refractivity contribution in [3.05, 3.63) is 67.1 Å². The zero-order chi connectivity index (χ0) is 18.3. The van der Waals surface area contributed by atoms with E-state index in [1.54, 1.807) is 26.0 Å².